The molecule has 132 valence electrons. The molecule has 1 atom stereocenters. The van der Waals surface area contributed by atoms with E-state index in [1.807, 2.05) is 4.90 Å². The summed E-state index contributed by atoms with van der Waals surface area (Å²) in [5, 5.41) is 10.7. The van der Waals surface area contributed by atoms with E-state index in [9.17, 15) is 14.7 Å². The van der Waals surface area contributed by atoms with Crippen molar-refractivity contribution in [3.8, 4) is 5.75 Å². The van der Waals surface area contributed by atoms with Crippen LogP contribution in [0.1, 0.15) is 12.5 Å². The van der Waals surface area contributed by atoms with Gasteiger partial charge in [0.05, 0.1) is 6.10 Å². The van der Waals surface area contributed by atoms with Crippen LogP contribution in [0.4, 0.5) is 0 Å². The van der Waals surface area contributed by atoms with E-state index in [0.717, 1.165) is 5.56 Å². The zero-order chi connectivity index (χ0) is 17.7. The van der Waals surface area contributed by atoms with Crippen molar-refractivity contribution in [1.29, 1.82) is 0 Å². The number of primary amides is 1. The highest BCUT2D eigenvalue weighted by Gasteiger charge is 2.23. The molecule has 7 nitrogen and oxygen atoms in total. The highest BCUT2D eigenvalue weighted by Crippen LogP contribution is 2.25. The number of nitrogens with two attached hydrogens (primary N) is 1. The number of hydrogen-bond donors (Lipinski definition) is 2. The maximum absolute atomic E-state index is 11.5. The Hall–Kier alpha value is -1.83. The Morgan fingerprint density at radius 3 is 2.79 bits per heavy atom. The van der Waals surface area contributed by atoms with Crippen LogP contribution in [0.5, 0.6) is 5.75 Å². The van der Waals surface area contributed by atoms with Crippen LogP contribution >= 0.6 is 11.6 Å². The molecule has 3 N–H and O–H groups in total. The number of rotatable bonds is 5. The van der Waals surface area contributed by atoms with Crippen LogP contribution in [0, 0.1) is 0 Å². The third-order valence-corrected chi connectivity index (χ3v) is 4.05. The molecule has 24 heavy (non-hydrogen) atoms. The summed E-state index contributed by atoms with van der Waals surface area (Å²) in [7, 11) is 0. The molecule has 1 aromatic carbocycles. The second-order valence-electron chi connectivity index (χ2n) is 5.86. The van der Waals surface area contributed by atoms with Gasteiger partial charge in [0.1, 0.15) is 5.75 Å². The zero-order valence-corrected chi connectivity index (χ0v) is 14.3. The van der Waals surface area contributed by atoms with Gasteiger partial charge in [-0.1, -0.05) is 11.6 Å². The molecule has 8 heteroatoms. The van der Waals surface area contributed by atoms with Crippen LogP contribution in [0.2, 0.25) is 5.02 Å². The van der Waals surface area contributed by atoms with Crippen molar-refractivity contribution < 1.29 is 19.4 Å². The van der Waals surface area contributed by atoms with Gasteiger partial charge >= 0.3 is 0 Å². The molecule has 0 unspecified atom stereocenters. The van der Waals surface area contributed by atoms with E-state index < -0.39 is 12.0 Å². The Morgan fingerprint density at radius 2 is 2.12 bits per heavy atom. The quantitative estimate of drug-likeness (QED) is 0.788. The molecule has 0 aliphatic carbocycles. The van der Waals surface area contributed by atoms with Crippen LogP contribution in [-0.4, -0.2) is 65.6 Å². The number of amides is 2. The summed E-state index contributed by atoms with van der Waals surface area (Å²) < 4.78 is 5.43. The fraction of sp³-hybridized carbons (Fsp3) is 0.500. The van der Waals surface area contributed by atoms with E-state index >= 15 is 0 Å². The number of carbonyl (C=O) groups is 2. The highest BCUT2D eigenvalue weighted by molar-refractivity contribution is 6.30. The predicted molar refractivity (Wildman–Crippen MR) is 89.7 cm³/mol. The van der Waals surface area contributed by atoms with Crippen LogP contribution in [0.25, 0.3) is 0 Å². The van der Waals surface area contributed by atoms with E-state index in [4.69, 9.17) is 22.1 Å². The number of nitrogens with zero attached hydrogens (tertiary/aromatic N) is 2. The van der Waals surface area contributed by atoms with Crippen LogP contribution in [-0.2, 0) is 16.1 Å². The number of aliphatic hydroxyl groups is 1. The summed E-state index contributed by atoms with van der Waals surface area (Å²) in [5.41, 5.74) is 5.91. The molecule has 1 aliphatic heterocycles. The van der Waals surface area contributed by atoms with E-state index in [1.165, 1.54) is 6.92 Å². The van der Waals surface area contributed by atoms with Gasteiger partial charge in [-0.2, -0.15) is 0 Å². The first-order chi connectivity index (χ1) is 11.3. The molecule has 2 rings (SSSR count). The van der Waals surface area contributed by atoms with E-state index in [1.54, 1.807) is 23.1 Å². The highest BCUT2D eigenvalue weighted by atomic mass is 35.5. The maximum atomic E-state index is 11.5. The van der Waals surface area contributed by atoms with Crippen molar-refractivity contribution in [2.45, 2.75) is 19.6 Å². The van der Waals surface area contributed by atoms with Crippen molar-refractivity contribution in [3.05, 3.63) is 28.8 Å². The fourth-order valence-corrected chi connectivity index (χ4v) is 2.88. The van der Waals surface area contributed by atoms with Crippen molar-refractivity contribution in [3.63, 3.8) is 0 Å². The van der Waals surface area contributed by atoms with Gasteiger partial charge in [0.15, 0.2) is 6.61 Å². The molecule has 0 saturated carbocycles. The second-order valence-corrected chi connectivity index (χ2v) is 6.30. The van der Waals surface area contributed by atoms with Gasteiger partial charge in [-0.05, 0) is 18.2 Å². The molecule has 0 radical (unpaired) electrons. The largest absolute Gasteiger partial charge is 0.483 e. The lowest BCUT2D eigenvalue weighted by atomic mass is 10.1. The first kappa shape index (κ1) is 18.5. The van der Waals surface area contributed by atoms with Gasteiger partial charge in [-0.15, -0.1) is 0 Å². The van der Waals surface area contributed by atoms with Gasteiger partial charge in [0.2, 0.25) is 5.91 Å². The lowest BCUT2D eigenvalue weighted by molar-refractivity contribution is -0.129. The Kier molecular flexibility index (Phi) is 6.42. The lowest BCUT2D eigenvalue weighted by Gasteiger charge is -2.22. The summed E-state index contributed by atoms with van der Waals surface area (Å²) in [6.45, 7) is 3.70. The number of hydrogen-bond acceptors (Lipinski definition) is 5. The SMILES string of the molecule is CC(=O)N1CCN(Cc2cc(Cl)ccc2OCC(N)=O)C[C@@H](O)C1. The third kappa shape index (κ3) is 5.36. The number of benzene rings is 1. The van der Waals surface area contributed by atoms with Crippen molar-refractivity contribution >= 4 is 23.4 Å². The van der Waals surface area contributed by atoms with Crippen LogP contribution in [0.3, 0.4) is 0 Å². The van der Waals surface area contributed by atoms with Gasteiger partial charge in [0.25, 0.3) is 5.91 Å². The van der Waals surface area contributed by atoms with Gasteiger partial charge in [-0.25, -0.2) is 0 Å². The fourth-order valence-electron chi connectivity index (χ4n) is 2.69. The smallest absolute Gasteiger partial charge is 0.255 e. The molecular formula is C16H22ClN3O4. The summed E-state index contributed by atoms with van der Waals surface area (Å²) in [4.78, 5) is 26.1. The Balaban J connectivity index is 2.10. The second kappa shape index (κ2) is 8.32. The van der Waals surface area contributed by atoms with Crippen molar-refractivity contribution in [1.82, 2.24) is 9.80 Å². The Labute approximate surface area is 145 Å². The molecule has 1 fully saturated rings. The molecule has 1 saturated heterocycles. The summed E-state index contributed by atoms with van der Waals surface area (Å²) >= 11 is 6.05. The number of halogens is 1. The van der Waals surface area contributed by atoms with Crippen LogP contribution < -0.4 is 10.5 Å². The molecule has 1 aromatic rings. The molecule has 0 aromatic heterocycles. The first-order valence-electron chi connectivity index (χ1n) is 7.70. The molecule has 0 bridgehead atoms. The minimum Gasteiger partial charge on any atom is -0.483 e. The predicted octanol–water partition coefficient (Wildman–Crippen LogP) is 0.229. The summed E-state index contributed by atoms with van der Waals surface area (Å²) in [6.07, 6.45) is -0.620. The molecule has 1 heterocycles. The average molecular weight is 356 g/mol. The minimum atomic E-state index is -0.620. The van der Waals surface area contributed by atoms with E-state index in [-0.39, 0.29) is 12.5 Å². The summed E-state index contributed by atoms with van der Waals surface area (Å²) in [6, 6.07) is 5.13. The molecule has 1 aliphatic rings. The van der Waals surface area contributed by atoms with Gasteiger partial charge < -0.3 is 20.5 Å². The van der Waals surface area contributed by atoms with E-state index in [0.29, 0.717) is 43.5 Å². The van der Waals surface area contributed by atoms with Crippen LogP contribution in [0.15, 0.2) is 18.2 Å². The standard InChI is InChI=1S/C16H22ClN3O4/c1-11(21)20-5-4-19(8-14(22)9-20)7-12-6-13(17)2-3-15(12)24-10-16(18)23/h2-3,6,14,22H,4-5,7-10H2,1H3,(H2,18,23)/t14-/m1/s1. The number of carbonyl (C=O) groups excluding carboxylic acids is 2. The lowest BCUT2D eigenvalue weighted by Crippen LogP contribution is -2.36. The maximum Gasteiger partial charge on any atom is 0.255 e. The van der Waals surface area contributed by atoms with E-state index in [2.05, 4.69) is 0 Å². The van der Waals surface area contributed by atoms with Crippen molar-refractivity contribution in [2.24, 2.45) is 5.73 Å². The topological polar surface area (TPSA) is 96.1 Å². The number of ether oxygens (including phenoxy) is 1. The van der Waals surface area contributed by atoms with Gasteiger partial charge in [0, 0.05) is 50.2 Å². The first-order valence-corrected chi connectivity index (χ1v) is 8.08. The monoisotopic (exact) mass is 355 g/mol. The van der Waals surface area contributed by atoms with Crippen molar-refractivity contribution in [2.75, 3.05) is 32.8 Å². The Bertz CT molecular complexity index is 611. The Morgan fingerprint density at radius 1 is 1.38 bits per heavy atom. The van der Waals surface area contributed by atoms with Gasteiger partial charge in [-0.3, -0.25) is 14.5 Å². The molecular weight excluding hydrogens is 334 g/mol. The summed E-state index contributed by atoms with van der Waals surface area (Å²) in [5.74, 6) is -0.0808. The third-order valence-electron chi connectivity index (χ3n) is 3.82. The average Bonchev–Trinajstić information content (AvgIpc) is 2.68. The normalized spacial score (nSPS) is 19.0. The number of aliphatic hydroxyl groups excluding tert-OH is 1. The minimum absolute atomic E-state index is 0.0517. The molecule has 2 amide bonds. The number of β-amino-alcohol motifs (C(OH)–C–C–N with tert-alkyl or cyclic N) is 1. The zero-order valence-electron chi connectivity index (χ0n) is 13.6. The molecule has 0 spiro atoms.